The van der Waals surface area contributed by atoms with Crippen molar-refractivity contribution in [3.63, 3.8) is 0 Å². The molecule has 2 N–H and O–H groups in total. The van der Waals surface area contributed by atoms with Crippen molar-refractivity contribution in [1.29, 1.82) is 0 Å². The Morgan fingerprint density at radius 3 is 2.44 bits per heavy atom. The maximum absolute atomic E-state index is 5.68. The zero-order valence-corrected chi connectivity index (χ0v) is 12.3. The van der Waals surface area contributed by atoms with Gasteiger partial charge in [-0.05, 0) is 18.8 Å². The highest BCUT2D eigenvalue weighted by molar-refractivity contribution is 5.30. The van der Waals surface area contributed by atoms with Crippen molar-refractivity contribution in [1.82, 2.24) is 14.7 Å². The summed E-state index contributed by atoms with van der Waals surface area (Å²) in [6.07, 6.45) is 6.04. The van der Waals surface area contributed by atoms with Crippen LogP contribution < -0.4 is 5.73 Å². The second kappa shape index (κ2) is 7.41. The van der Waals surface area contributed by atoms with Gasteiger partial charge in [-0.15, -0.1) is 0 Å². The van der Waals surface area contributed by atoms with E-state index in [2.05, 4.69) is 37.7 Å². The molecule has 0 unspecified atom stereocenters. The molecule has 1 heterocycles. The molecule has 1 rings (SSSR count). The van der Waals surface area contributed by atoms with Crippen molar-refractivity contribution >= 4 is 5.69 Å². The molecule has 0 bridgehead atoms. The van der Waals surface area contributed by atoms with E-state index in [1.165, 1.54) is 12.8 Å². The molecule has 18 heavy (non-hydrogen) atoms. The minimum Gasteiger partial charge on any atom is -0.396 e. The Labute approximate surface area is 111 Å². The van der Waals surface area contributed by atoms with Crippen LogP contribution in [-0.4, -0.2) is 33.8 Å². The molecule has 0 aliphatic rings. The lowest BCUT2D eigenvalue weighted by Crippen LogP contribution is -2.39. The number of hydrogen-bond donors (Lipinski definition) is 1. The summed E-state index contributed by atoms with van der Waals surface area (Å²) in [5, 5.41) is 4.24. The summed E-state index contributed by atoms with van der Waals surface area (Å²) in [5.41, 5.74) is 6.42. The third-order valence-electron chi connectivity index (χ3n) is 3.33. The number of nitrogens with zero attached hydrogens (tertiary/aromatic N) is 3. The molecule has 0 aromatic carbocycles. The normalized spacial score (nSPS) is 11.9. The topological polar surface area (TPSA) is 47.1 Å². The largest absolute Gasteiger partial charge is 0.396 e. The number of aromatic nitrogens is 2. The van der Waals surface area contributed by atoms with Gasteiger partial charge in [0.25, 0.3) is 0 Å². The smallest absolute Gasteiger partial charge is 0.0719 e. The van der Waals surface area contributed by atoms with E-state index < -0.39 is 0 Å². The van der Waals surface area contributed by atoms with Gasteiger partial charge in [0.15, 0.2) is 0 Å². The molecule has 0 spiro atoms. The van der Waals surface area contributed by atoms with E-state index in [1.54, 1.807) is 6.20 Å². The summed E-state index contributed by atoms with van der Waals surface area (Å²) < 4.78 is 1.94. The number of rotatable bonds is 8. The van der Waals surface area contributed by atoms with Gasteiger partial charge in [-0.25, -0.2) is 0 Å². The first-order valence-corrected chi connectivity index (χ1v) is 7.08. The molecule has 0 saturated carbocycles. The first-order valence-electron chi connectivity index (χ1n) is 7.08. The quantitative estimate of drug-likeness (QED) is 0.773. The van der Waals surface area contributed by atoms with Crippen molar-refractivity contribution in [3.8, 4) is 0 Å². The lowest BCUT2D eigenvalue weighted by molar-refractivity contribution is 0.158. The molecule has 4 heteroatoms. The number of nitrogens with two attached hydrogens (primary N) is 1. The average molecular weight is 252 g/mol. The van der Waals surface area contributed by atoms with Gasteiger partial charge in [0.1, 0.15) is 0 Å². The Hall–Kier alpha value is -1.03. The molecule has 0 atom stereocenters. The lowest BCUT2D eigenvalue weighted by atomic mass is 10.1. The van der Waals surface area contributed by atoms with E-state index in [0.29, 0.717) is 12.0 Å². The van der Waals surface area contributed by atoms with Gasteiger partial charge in [-0.1, -0.05) is 27.7 Å². The summed E-state index contributed by atoms with van der Waals surface area (Å²) in [6, 6.07) is 0.681. The van der Waals surface area contributed by atoms with Gasteiger partial charge in [0.2, 0.25) is 0 Å². The predicted octanol–water partition coefficient (Wildman–Crippen LogP) is 2.61. The first-order chi connectivity index (χ1) is 8.56. The molecule has 0 radical (unpaired) electrons. The molecule has 0 amide bonds. The Bertz CT molecular complexity index is 328. The molecule has 0 aliphatic carbocycles. The maximum atomic E-state index is 5.68. The van der Waals surface area contributed by atoms with Gasteiger partial charge >= 0.3 is 0 Å². The summed E-state index contributed by atoms with van der Waals surface area (Å²) >= 11 is 0. The minimum absolute atomic E-state index is 0.681. The van der Waals surface area contributed by atoms with Crippen LogP contribution in [0.3, 0.4) is 0 Å². The molecule has 1 aromatic heterocycles. The third kappa shape index (κ3) is 4.69. The maximum Gasteiger partial charge on any atom is 0.0719 e. The highest BCUT2D eigenvalue weighted by Crippen LogP contribution is 2.11. The molecular formula is C14H28N4. The third-order valence-corrected chi connectivity index (χ3v) is 3.33. The van der Waals surface area contributed by atoms with Gasteiger partial charge in [0.05, 0.1) is 18.4 Å². The van der Waals surface area contributed by atoms with E-state index in [-0.39, 0.29) is 0 Å². The van der Waals surface area contributed by atoms with E-state index in [0.717, 1.165) is 25.3 Å². The monoisotopic (exact) mass is 252 g/mol. The summed E-state index contributed by atoms with van der Waals surface area (Å²) in [6.45, 7) is 12.2. The summed E-state index contributed by atoms with van der Waals surface area (Å²) in [5.74, 6) is 0.702. The Morgan fingerprint density at radius 2 is 2.00 bits per heavy atom. The van der Waals surface area contributed by atoms with Crippen molar-refractivity contribution in [2.75, 3.05) is 18.8 Å². The Balaban J connectivity index is 2.54. The lowest BCUT2D eigenvalue weighted by Gasteiger charge is -2.31. The Kier molecular flexibility index (Phi) is 6.19. The van der Waals surface area contributed by atoms with Crippen LogP contribution in [-0.2, 0) is 6.54 Å². The molecule has 4 nitrogen and oxygen atoms in total. The molecule has 104 valence electrons. The minimum atomic E-state index is 0.681. The summed E-state index contributed by atoms with van der Waals surface area (Å²) in [7, 11) is 0. The molecular weight excluding hydrogens is 224 g/mol. The summed E-state index contributed by atoms with van der Waals surface area (Å²) in [4.78, 5) is 2.59. The fourth-order valence-corrected chi connectivity index (χ4v) is 2.43. The van der Waals surface area contributed by atoms with E-state index in [9.17, 15) is 0 Å². The molecule has 0 saturated heterocycles. The van der Waals surface area contributed by atoms with E-state index in [4.69, 9.17) is 5.73 Å². The fourth-order valence-electron chi connectivity index (χ4n) is 2.43. The van der Waals surface area contributed by atoms with Crippen LogP contribution in [0.2, 0.25) is 0 Å². The standard InChI is InChI=1S/C14H28N4/c1-5-14(6-2)17(10-12(3)4)7-8-18-11-13(15)9-16-18/h9,11-12,14H,5-8,10,15H2,1-4H3. The van der Waals surface area contributed by atoms with Crippen LogP contribution in [0.5, 0.6) is 0 Å². The van der Waals surface area contributed by atoms with Crippen LogP contribution in [0.1, 0.15) is 40.5 Å². The zero-order chi connectivity index (χ0) is 13.5. The van der Waals surface area contributed by atoms with E-state index >= 15 is 0 Å². The van der Waals surface area contributed by atoms with Crippen molar-refractivity contribution in [2.24, 2.45) is 5.92 Å². The second-order valence-corrected chi connectivity index (χ2v) is 5.40. The van der Waals surface area contributed by atoms with Gasteiger partial charge in [-0.3, -0.25) is 9.58 Å². The van der Waals surface area contributed by atoms with E-state index in [1.807, 2.05) is 10.9 Å². The van der Waals surface area contributed by atoms with Crippen molar-refractivity contribution in [3.05, 3.63) is 12.4 Å². The predicted molar refractivity (Wildman–Crippen MR) is 77.4 cm³/mol. The highest BCUT2D eigenvalue weighted by atomic mass is 15.3. The number of hydrogen-bond acceptors (Lipinski definition) is 3. The van der Waals surface area contributed by atoms with Crippen LogP contribution in [0, 0.1) is 5.92 Å². The second-order valence-electron chi connectivity index (χ2n) is 5.40. The average Bonchev–Trinajstić information content (AvgIpc) is 2.72. The molecule has 0 aliphatic heterocycles. The van der Waals surface area contributed by atoms with Crippen molar-refractivity contribution < 1.29 is 0 Å². The van der Waals surface area contributed by atoms with Crippen LogP contribution in [0.4, 0.5) is 5.69 Å². The Morgan fingerprint density at radius 1 is 1.33 bits per heavy atom. The molecule has 1 aromatic rings. The van der Waals surface area contributed by atoms with Crippen molar-refractivity contribution in [2.45, 2.75) is 53.1 Å². The van der Waals surface area contributed by atoms with Crippen LogP contribution in [0.15, 0.2) is 12.4 Å². The first kappa shape index (κ1) is 15.0. The van der Waals surface area contributed by atoms with Gasteiger partial charge in [-0.2, -0.15) is 5.10 Å². The SMILES string of the molecule is CCC(CC)N(CCn1cc(N)cn1)CC(C)C. The van der Waals surface area contributed by atoms with Gasteiger partial charge < -0.3 is 5.73 Å². The highest BCUT2D eigenvalue weighted by Gasteiger charge is 2.16. The molecule has 0 fully saturated rings. The van der Waals surface area contributed by atoms with Crippen LogP contribution in [0.25, 0.3) is 0 Å². The van der Waals surface area contributed by atoms with Gasteiger partial charge in [0, 0.05) is 25.3 Å². The number of anilines is 1. The van der Waals surface area contributed by atoms with Crippen LogP contribution >= 0.6 is 0 Å². The fraction of sp³-hybridized carbons (Fsp3) is 0.786. The number of nitrogen functional groups attached to an aromatic ring is 1. The zero-order valence-electron chi connectivity index (χ0n) is 12.3.